The Kier molecular flexibility index (Phi) is 9.50. The number of ether oxygens (including phenoxy) is 5. The number of rotatable bonds is 10. The van der Waals surface area contributed by atoms with Crippen LogP contribution in [0, 0.1) is 11.3 Å². The Bertz CT molecular complexity index is 1780. The van der Waals surface area contributed by atoms with Crippen molar-refractivity contribution in [2.24, 2.45) is 5.73 Å². The second-order valence-electron chi connectivity index (χ2n) is 10.8. The van der Waals surface area contributed by atoms with Crippen molar-refractivity contribution in [2.75, 3.05) is 7.11 Å². The molecule has 1 heterocycles. The third-order valence-electron chi connectivity index (χ3n) is 7.46. The van der Waals surface area contributed by atoms with Gasteiger partial charge >= 0.3 is 5.97 Å². The zero-order chi connectivity index (χ0) is 32.1. The van der Waals surface area contributed by atoms with E-state index >= 15 is 0 Å². The second-order valence-corrected chi connectivity index (χ2v) is 11.2. The summed E-state index contributed by atoms with van der Waals surface area (Å²) in [4.78, 5) is 12.9. The summed E-state index contributed by atoms with van der Waals surface area (Å²) in [7, 11) is 1.54. The van der Waals surface area contributed by atoms with Gasteiger partial charge in [-0.05, 0) is 60.4 Å². The normalized spacial score (nSPS) is 14.6. The van der Waals surface area contributed by atoms with Gasteiger partial charge in [-0.15, -0.1) is 0 Å². The molecule has 1 aliphatic heterocycles. The number of nitrogens with zero attached hydrogens (tertiary/aromatic N) is 1. The van der Waals surface area contributed by atoms with Gasteiger partial charge in [0.25, 0.3) is 0 Å². The molecule has 1 aliphatic rings. The van der Waals surface area contributed by atoms with Crippen LogP contribution in [-0.2, 0) is 11.4 Å². The smallest absolute Gasteiger partial charge is 0.352 e. The molecule has 230 valence electrons. The van der Waals surface area contributed by atoms with Crippen LogP contribution >= 0.6 is 11.6 Å². The molecule has 5 rings (SSSR count). The molecular weight excluding hydrogens is 592 g/mol. The third-order valence-corrected chi connectivity index (χ3v) is 7.83. The van der Waals surface area contributed by atoms with Crippen LogP contribution in [-0.4, -0.2) is 19.2 Å². The van der Waals surface area contributed by atoms with Crippen LogP contribution in [0.3, 0.4) is 0 Å². The first kappa shape index (κ1) is 31.3. The molecule has 0 aliphatic carbocycles. The number of nitriles is 1. The van der Waals surface area contributed by atoms with Crippen molar-refractivity contribution in [3.05, 3.63) is 124 Å². The molecule has 0 radical (unpaired) electrons. The summed E-state index contributed by atoms with van der Waals surface area (Å²) in [6.45, 7) is 6.09. The van der Waals surface area contributed by atoms with Gasteiger partial charge < -0.3 is 29.4 Å². The van der Waals surface area contributed by atoms with Gasteiger partial charge in [-0.25, -0.2) is 4.79 Å². The molecule has 0 saturated heterocycles. The summed E-state index contributed by atoms with van der Waals surface area (Å²) in [5.74, 6) is 1.37. The topological polar surface area (TPSA) is 113 Å². The van der Waals surface area contributed by atoms with Crippen molar-refractivity contribution < 1.29 is 28.5 Å². The molecule has 0 amide bonds. The number of carbonyl (C=O) groups is 1. The molecule has 2 N–H and O–H groups in total. The van der Waals surface area contributed by atoms with E-state index in [0.717, 1.165) is 11.1 Å². The highest BCUT2D eigenvalue weighted by Gasteiger charge is 2.32. The lowest BCUT2D eigenvalue weighted by Crippen LogP contribution is -2.28. The summed E-state index contributed by atoms with van der Waals surface area (Å²) in [6, 6.07) is 27.6. The largest absolute Gasteiger partial charge is 0.493 e. The van der Waals surface area contributed by atoms with Crippen LogP contribution in [0.25, 0.3) is 0 Å². The predicted molar refractivity (Wildman–Crippen MR) is 171 cm³/mol. The fraction of sp³-hybridized carbons (Fsp3) is 0.222. The van der Waals surface area contributed by atoms with Crippen molar-refractivity contribution >= 4 is 17.6 Å². The molecule has 8 nitrogen and oxygen atoms in total. The summed E-state index contributed by atoms with van der Waals surface area (Å²) in [5.41, 5.74) is 9.87. The summed E-state index contributed by atoms with van der Waals surface area (Å²) < 4.78 is 28.9. The predicted octanol–water partition coefficient (Wildman–Crippen LogP) is 7.64. The summed E-state index contributed by atoms with van der Waals surface area (Å²) >= 11 is 6.28. The van der Waals surface area contributed by atoms with Crippen LogP contribution in [0.15, 0.2) is 96.4 Å². The Morgan fingerprint density at radius 3 is 2.40 bits per heavy atom. The fourth-order valence-corrected chi connectivity index (χ4v) is 5.17. The average molecular weight is 625 g/mol. The van der Waals surface area contributed by atoms with E-state index in [9.17, 15) is 10.1 Å². The van der Waals surface area contributed by atoms with Crippen LogP contribution in [0.5, 0.6) is 28.7 Å². The Labute approximate surface area is 267 Å². The summed E-state index contributed by atoms with van der Waals surface area (Å²) in [6.07, 6.45) is -0.860. The van der Waals surface area contributed by atoms with E-state index in [-0.39, 0.29) is 23.8 Å². The zero-order valence-electron chi connectivity index (χ0n) is 25.4. The highest BCUT2D eigenvalue weighted by Crippen LogP contribution is 2.45. The van der Waals surface area contributed by atoms with Crippen molar-refractivity contribution in [1.29, 1.82) is 5.26 Å². The van der Waals surface area contributed by atoms with Crippen molar-refractivity contribution in [1.82, 2.24) is 0 Å². The van der Waals surface area contributed by atoms with Crippen LogP contribution in [0.1, 0.15) is 54.9 Å². The lowest BCUT2D eigenvalue weighted by Gasteiger charge is -2.27. The molecule has 2 atom stereocenters. The van der Waals surface area contributed by atoms with E-state index < -0.39 is 18.0 Å². The van der Waals surface area contributed by atoms with E-state index in [4.69, 9.17) is 41.0 Å². The van der Waals surface area contributed by atoms with Gasteiger partial charge in [-0.2, -0.15) is 5.26 Å². The van der Waals surface area contributed by atoms with Crippen molar-refractivity contribution in [2.45, 2.75) is 45.3 Å². The molecule has 2 unspecified atom stereocenters. The maximum atomic E-state index is 12.9. The van der Waals surface area contributed by atoms with Crippen LogP contribution in [0.4, 0.5) is 0 Å². The van der Waals surface area contributed by atoms with Gasteiger partial charge in [0.2, 0.25) is 5.88 Å². The standard InChI is InChI=1S/C36H33ClN2O6/c1-21(2)23-9-12-26(13-10-23)43-22(3)36(40)44-27-14-15-28-32(18-27)45-35(39)29(19-38)34(28)24-11-16-31(33(17-24)41-4)42-20-25-7-5-6-8-30(25)37/h5-18,21-22,34H,20,39H2,1-4H3. The molecule has 0 fully saturated rings. The number of allylic oxidation sites excluding steroid dienone is 1. The molecule has 0 bridgehead atoms. The number of carbonyl (C=O) groups excluding carboxylic acids is 1. The lowest BCUT2D eigenvalue weighted by molar-refractivity contribution is -0.141. The zero-order valence-corrected chi connectivity index (χ0v) is 26.1. The van der Waals surface area contributed by atoms with E-state index in [2.05, 4.69) is 19.9 Å². The van der Waals surface area contributed by atoms with Gasteiger partial charge in [0, 0.05) is 22.2 Å². The maximum absolute atomic E-state index is 12.9. The minimum Gasteiger partial charge on any atom is -0.493 e. The first-order valence-corrected chi connectivity index (χ1v) is 14.8. The Morgan fingerprint density at radius 1 is 0.978 bits per heavy atom. The lowest BCUT2D eigenvalue weighted by atomic mass is 9.83. The summed E-state index contributed by atoms with van der Waals surface area (Å²) in [5, 5.41) is 10.6. The Hall–Kier alpha value is -5.13. The molecule has 0 aromatic heterocycles. The molecule has 4 aromatic rings. The van der Waals surface area contributed by atoms with E-state index in [0.29, 0.717) is 39.5 Å². The van der Waals surface area contributed by atoms with Gasteiger partial charge in [-0.3, -0.25) is 0 Å². The number of halogens is 1. The number of hydrogen-bond donors (Lipinski definition) is 1. The Morgan fingerprint density at radius 2 is 1.71 bits per heavy atom. The first-order chi connectivity index (χ1) is 21.7. The second kappa shape index (κ2) is 13.7. The number of esters is 1. The van der Waals surface area contributed by atoms with Gasteiger partial charge in [-0.1, -0.05) is 67.9 Å². The van der Waals surface area contributed by atoms with E-state index in [1.165, 1.54) is 5.56 Å². The number of nitrogens with two attached hydrogens (primary N) is 1. The molecule has 4 aromatic carbocycles. The number of methoxy groups -OCH3 is 1. The van der Waals surface area contributed by atoms with Crippen molar-refractivity contribution in [3.8, 4) is 34.8 Å². The van der Waals surface area contributed by atoms with Gasteiger partial charge in [0.1, 0.15) is 35.5 Å². The minimum atomic E-state index is -0.860. The SMILES string of the molecule is COc1cc(C2C(C#N)=C(N)Oc3cc(OC(=O)C(C)Oc4ccc(C(C)C)cc4)ccc32)ccc1OCc1ccccc1Cl. The molecule has 45 heavy (non-hydrogen) atoms. The maximum Gasteiger partial charge on any atom is 0.352 e. The van der Waals surface area contributed by atoms with Gasteiger partial charge in [0.15, 0.2) is 17.6 Å². The minimum absolute atomic E-state index is 0.0435. The highest BCUT2D eigenvalue weighted by atomic mass is 35.5. The first-order valence-electron chi connectivity index (χ1n) is 14.4. The number of hydrogen-bond acceptors (Lipinski definition) is 8. The highest BCUT2D eigenvalue weighted by molar-refractivity contribution is 6.31. The molecule has 0 saturated carbocycles. The Balaban J connectivity index is 1.35. The average Bonchev–Trinajstić information content (AvgIpc) is 3.03. The number of fused-ring (bicyclic) bond motifs is 1. The monoisotopic (exact) mass is 624 g/mol. The third kappa shape index (κ3) is 7.00. The molecular formula is C36H33ClN2O6. The van der Waals surface area contributed by atoms with E-state index in [1.807, 2.05) is 48.5 Å². The molecule has 0 spiro atoms. The van der Waals surface area contributed by atoms with E-state index in [1.54, 1.807) is 50.4 Å². The quantitative estimate of drug-likeness (QED) is 0.141. The van der Waals surface area contributed by atoms with Crippen LogP contribution < -0.4 is 29.4 Å². The molecule has 9 heteroatoms. The fourth-order valence-electron chi connectivity index (χ4n) is 4.98. The van der Waals surface area contributed by atoms with Crippen LogP contribution in [0.2, 0.25) is 5.02 Å². The van der Waals surface area contributed by atoms with Crippen molar-refractivity contribution in [3.63, 3.8) is 0 Å². The van der Waals surface area contributed by atoms with Gasteiger partial charge in [0.05, 0.1) is 13.0 Å². The number of benzene rings is 4.